The van der Waals surface area contributed by atoms with Crippen molar-refractivity contribution in [2.45, 2.75) is 56.7 Å². The van der Waals surface area contributed by atoms with Crippen LogP contribution in [0.1, 0.15) is 65.1 Å². The summed E-state index contributed by atoms with van der Waals surface area (Å²) in [5.41, 5.74) is 9.90. The third kappa shape index (κ3) is 9.84. The molecule has 0 saturated heterocycles. The summed E-state index contributed by atoms with van der Waals surface area (Å²) in [6.07, 6.45) is 6.74. The summed E-state index contributed by atoms with van der Waals surface area (Å²) in [6, 6.07) is 24.0. The van der Waals surface area contributed by atoms with Crippen LogP contribution >= 0.6 is 11.3 Å². The second-order valence-electron chi connectivity index (χ2n) is 11.6. The second-order valence-corrected chi connectivity index (χ2v) is 12.4. The fourth-order valence-electron chi connectivity index (χ4n) is 5.03. The van der Waals surface area contributed by atoms with Gasteiger partial charge in [0.25, 0.3) is 0 Å². The average Bonchev–Trinajstić information content (AvgIpc) is 3.59. The Morgan fingerprint density at radius 1 is 0.911 bits per heavy atom. The van der Waals surface area contributed by atoms with Crippen molar-refractivity contribution in [3.63, 3.8) is 0 Å². The lowest BCUT2D eigenvalue weighted by Gasteiger charge is -2.22. The van der Waals surface area contributed by atoms with E-state index in [4.69, 9.17) is 35.9 Å². The minimum atomic E-state index is -1.21. The summed E-state index contributed by atoms with van der Waals surface area (Å²) < 4.78 is 6.04. The monoisotopic (exact) mass is 633 g/mol. The molecular formula is C35H43N3O6S. The van der Waals surface area contributed by atoms with E-state index >= 15 is 0 Å². The van der Waals surface area contributed by atoms with Crippen LogP contribution in [0.3, 0.4) is 0 Å². The molecule has 1 heterocycles. The molecule has 0 spiro atoms. The topological polar surface area (TPSA) is 149 Å². The van der Waals surface area contributed by atoms with Crippen LogP contribution in [0.25, 0.3) is 11.3 Å². The number of aromatic carboxylic acids is 1. The first kappa shape index (κ1) is 34.1. The Hall–Kier alpha value is -3.80. The Labute approximate surface area is 268 Å². The van der Waals surface area contributed by atoms with Gasteiger partial charge in [-0.15, -0.1) is 11.3 Å². The molecule has 0 atom stereocenters. The average molecular weight is 634 g/mol. The zero-order valence-electron chi connectivity index (χ0n) is 25.6. The maximum Gasteiger partial charge on any atom is 0.335 e. The van der Waals surface area contributed by atoms with Crippen molar-refractivity contribution >= 4 is 22.4 Å². The molecule has 45 heavy (non-hydrogen) atoms. The molecular weight excluding hydrogens is 590 g/mol. The predicted octanol–water partition coefficient (Wildman–Crippen LogP) is 5.43. The fourth-order valence-corrected chi connectivity index (χ4v) is 5.83. The maximum atomic E-state index is 11.1. The number of nitrogens with zero attached hydrogens (tertiary/aromatic N) is 2. The van der Waals surface area contributed by atoms with Crippen molar-refractivity contribution < 1.29 is 30.0 Å². The van der Waals surface area contributed by atoms with Crippen molar-refractivity contribution in [3.8, 4) is 17.0 Å². The van der Waals surface area contributed by atoms with Gasteiger partial charge in [0.05, 0.1) is 36.6 Å². The van der Waals surface area contributed by atoms with Gasteiger partial charge in [0.2, 0.25) is 0 Å². The molecule has 1 fully saturated rings. The van der Waals surface area contributed by atoms with Crippen molar-refractivity contribution in [1.82, 2.24) is 4.98 Å². The molecule has 4 aromatic rings. The van der Waals surface area contributed by atoms with Gasteiger partial charge in [0.1, 0.15) is 12.4 Å². The lowest BCUT2D eigenvalue weighted by Crippen LogP contribution is -2.50. The van der Waals surface area contributed by atoms with E-state index in [9.17, 15) is 4.79 Å². The molecule has 0 bridgehead atoms. The highest BCUT2D eigenvalue weighted by atomic mass is 32.1. The molecule has 10 heteroatoms. The van der Waals surface area contributed by atoms with E-state index in [2.05, 4.69) is 34.5 Å². The van der Waals surface area contributed by atoms with E-state index in [1.807, 2.05) is 43.4 Å². The van der Waals surface area contributed by atoms with Crippen LogP contribution < -0.4 is 15.4 Å². The first-order valence-electron chi connectivity index (χ1n) is 15.2. The van der Waals surface area contributed by atoms with Crippen molar-refractivity contribution in [1.29, 1.82) is 0 Å². The summed E-state index contributed by atoms with van der Waals surface area (Å²) >= 11 is 1.59. The molecule has 1 aliphatic carbocycles. The highest BCUT2D eigenvalue weighted by molar-refractivity contribution is 7.14. The lowest BCUT2D eigenvalue weighted by atomic mass is 9.84. The van der Waals surface area contributed by atoms with Gasteiger partial charge in [-0.1, -0.05) is 55.7 Å². The number of aliphatic hydroxyl groups excluding tert-OH is 3. The van der Waals surface area contributed by atoms with E-state index < -0.39 is 31.3 Å². The van der Waals surface area contributed by atoms with Gasteiger partial charge < -0.3 is 35.8 Å². The highest BCUT2D eigenvalue weighted by Gasteiger charge is 2.21. The summed E-state index contributed by atoms with van der Waals surface area (Å²) in [5.74, 6) is 0.662. The van der Waals surface area contributed by atoms with Crippen LogP contribution in [0.5, 0.6) is 5.75 Å². The van der Waals surface area contributed by atoms with Crippen molar-refractivity contribution in [3.05, 3.63) is 100 Å². The Kier molecular flexibility index (Phi) is 12.5. The molecule has 0 aliphatic heterocycles. The first-order valence-corrected chi connectivity index (χ1v) is 16.0. The number of hydrogen-bond acceptors (Lipinski definition) is 9. The number of ether oxygens (including phenoxy) is 1. The summed E-state index contributed by atoms with van der Waals surface area (Å²) in [5, 5.41) is 37.1. The number of anilines is 1. The number of rotatable bonds is 12. The lowest BCUT2D eigenvalue weighted by molar-refractivity contribution is 0.0692. The van der Waals surface area contributed by atoms with E-state index in [-0.39, 0.29) is 0 Å². The van der Waals surface area contributed by atoms with E-state index in [1.165, 1.54) is 43.2 Å². The molecule has 1 saturated carbocycles. The van der Waals surface area contributed by atoms with Gasteiger partial charge in [-0.05, 0) is 71.8 Å². The quantitative estimate of drug-likeness (QED) is 0.138. The molecule has 6 N–H and O–H groups in total. The number of nitrogens with two attached hydrogens (primary N) is 1. The molecule has 240 valence electrons. The van der Waals surface area contributed by atoms with Crippen molar-refractivity contribution in [2.24, 2.45) is 5.73 Å². The minimum absolute atomic E-state index is 0.294. The summed E-state index contributed by atoms with van der Waals surface area (Å²) in [6.45, 7) is 0.00461. The van der Waals surface area contributed by atoms with E-state index in [1.54, 1.807) is 23.5 Å². The van der Waals surface area contributed by atoms with E-state index in [0.29, 0.717) is 18.7 Å². The van der Waals surface area contributed by atoms with Crippen molar-refractivity contribution in [2.75, 3.05) is 31.8 Å². The molecule has 0 unspecified atom stereocenters. The highest BCUT2D eigenvalue weighted by Crippen LogP contribution is 2.33. The van der Waals surface area contributed by atoms with Crippen LogP contribution in [0.2, 0.25) is 0 Å². The summed E-state index contributed by atoms with van der Waals surface area (Å²) in [4.78, 5) is 17.9. The predicted molar refractivity (Wildman–Crippen MR) is 178 cm³/mol. The smallest absolute Gasteiger partial charge is 0.335 e. The molecule has 0 amide bonds. The zero-order chi connectivity index (χ0) is 32.2. The van der Waals surface area contributed by atoms with Gasteiger partial charge >= 0.3 is 5.97 Å². The van der Waals surface area contributed by atoms with Crippen LogP contribution in [0.4, 0.5) is 5.13 Å². The van der Waals surface area contributed by atoms with Gasteiger partial charge in [-0.25, -0.2) is 9.78 Å². The van der Waals surface area contributed by atoms with Gasteiger partial charge in [-0.2, -0.15) is 0 Å². The first-order chi connectivity index (χ1) is 21.7. The largest absolute Gasteiger partial charge is 0.489 e. The van der Waals surface area contributed by atoms with Gasteiger partial charge in [-0.3, -0.25) is 0 Å². The number of thiazole rings is 1. The number of aliphatic hydroxyl groups is 3. The number of aromatic nitrogens is 1. The molecule has 0 radical (unpaired) electrons. The third-order valence-electron chi connectivity index (χ3n) is 8.00. The number of carbonyl (C=O) groups is 1. The Morgan fingerprint density at radius 3 is 2.07 bits per heavy atom. The molecule has 1 aromatic heterocycles. The minimum Gasteiger partial charge on any atom is -0.489 e. The number of benzene rings is 3. The second kappa shape index (κ2) is 16.5. The van der Waals surface area contributed by atoms with Crippen LogP contribution in [-0.4, -0.2) is 63.8 Å². The summed E-state index contributed by atoms with van der Waals surface area (Å²) in [7, 11) is 1.99. The van der Waals surface area contributed by atoms with E-state index in [0.717, 1.165) is 33.6 Å². The number of hydrogen-bond donors (Lipinski definition) is 5. The van der Waals surface area contributed by atoms with Gasteiger partial charge in [0, 0.05) is 24.5 Å². The number of carboxylic acids is 1. The fraction of sp³-hybridized carbons (Fsp3) is 0.371. The SMILES string of the molecule is CN(Cc1ccc(C(=O)O)cc1)c1nc(-c2ccc(OCc3ccc(C4CCCCC4)cc3)cc2)cs1.NC(CO)(CO)CO. The third-order valence-corrected chi connectivity index (χ3v) is 8.95. The Balaban J connectivity index is 0.000000510. The zero-order valence-corrected chi connectivity index (χ0v) is 26.5. The Bertz CT molecular complexity index is 1460. The normalized spacial score (nSPS) is 13.5. The molecule has 1 aliphatic rings. The maximum absolute atomic E-state index is 11.1. The standard InChI is InChI=1S/C31H32N2O3S.C4H11NO3/c1-33(19-22-7-13-27(14-8-22)30(34)35)31-32-29(21-37-31)26-15-17-28(18-16-26)36-20-23-9-11-25(12-10-23)24-5-3-2-4-6-24;5-4(1-6,2-7)3-8/h7-18,21,24H,2-6,19-20H2,1H3,(H,34,35);6-8H,1-3,5H2. The Morgan fingerprint density at radius 2 is 1.51 bits per heavy atom. The van der Waals surface area contributed by atoms with Crippen LogP contribution in [-0.2, 0) is 13.2 Å². The molecule has 5 rings (SSSR count). The molecule has 3 aromatic carbocycles. The van der Waals surface area contributed by atoms with Crippen LogP contribution in [0.15, 0.2) is 78.2 Å². The van der Waals surface area contributed by atoms with Crippen LogP contribution in [0, 0.1) is 0 Å². The molecule has 9 nitrogen and oxygen atoms in total. The number of carboxylic acid groups (broad SMARTS) is 1. The van der Waals surface area contributed by atoms with Gasteiger partial charge in [0.15, 0.2) is 5.13 Å².